The second kappa shape index (κ2) is 4.91. The molecule has 1 aromatic rings. The van der Waals surface area contributed by atoms with Crippen LogP contribution in [0.3, 0.4) is 0 Å². The Morgan fingerprint density at radius 3 is 2.67 bits per heavy atom. The molecule has 3 heteroatoms. The van der Waals surface area contributed by atoms with E-state index in [0.717, 1.165) is 6.42 Å². The Hall–Kier alpha value is -1.38. The molecule has 0 aliphatic rings. The predicted octanol–water partition coefficient (Wildman–Crippen LogP) is 2.25. The molecular weight excluding hydrogens is 188 g/mol. The lowest BCUT2D eigenvalue weighted by molar-refractivity contribution is 0.0944. The lowest BCUT2D eigenvalue weighted by Crippen LogP contribution is -2.27. The van der Waals surface area contributed by atoms with Crippen LogP contribution in [0.5, 0.6) is 0 Å². The normalized spacial score (nSPS) is 11.1. The Balaban J connectivity index is 2.38. The van der Waals surface area contributed by atoms with Crippen molar-refractivity contribution in [2.45, 2.75) is 27.2 Å². The molecule has 0 fully saturated rings. The molecule has 0 bridgehead atoms. The summed E-state index contributed by atoms with van der Waals surface area (Å²) in [6.07, 6.45) is 2.59. The predicted molar refractivity (Wildman–Crippen MR) is 60.6 cm³/mol. The third kappa shape index (κ3) is 4.58. The van der Waals surface area contributed by atoms with E-state index in [1.165, 1.54) is 0 Å². The molecular formula is C12H18N2O. The fourth-order valence-corrected chi connectivity index (χ4v) is 1.14. The van der Waals surface area contributed by atoms with Gasteiger partial charge in [0, 0.05) is 12.7 Å². The molecule has 0 aromatic carbocycles. The second-order valence-electron chi connectivity index (χ2n) is 4.78. The minimum absolute atomic E-state index is 0.0974. The summed E-state index contributed by atoms with van der Waals surface area (Å²) in [4.78, 5) is 15.5. The van der Waals surface area contributed by atoms with Gasteiger partial charge in [0.2, 0.25) is 0 Å². The number of hydrogen-bond acceptors (Lipinski definition) is 2. The summed E-state index contributed by atoms with van der Waals surface area (Å²) in [7, 11) is 0. The van der Waals surface area contributed by atoms with Crippen LogP contribution in [-0.2, 0) is 0 Å². The van der Waals surface area contributed by atoms with Crippen LogP contribution in [-0.4, -0.2) is 17.4 Å². The number of rotatable bonds is 3. The number of nitrogens with zero attached hydrogens (tertiary/aromatic N) is 1. The van der Waals surface area contributed by atoms with E-state index in [1.807, 2.05) is 6.07 Å². The van der Waals surface area contributed by atoms with Gasteiger partial charge in [-0.1, -0.05) is 26.8 Å². The maximum Gasteiger partial charge on any atom is 0.269 e. The highest BCUT2D eigenvalue weighted by molar-refractivity contribution is 5.92. The van der Waals surface area contributed by atoms with Gasteiger partial charge in [0.15, 0.2) is 0 Å². The molecule has 0 saturated carbocycles. The Bertz CT molecular complexity index is 314. The highest BCUT2D eigenvalue weighted by Crippen LogP contribution is 2.16. The van der Waals surface area contributed by atoms with Crippen LogP contribution in [0.25, 0.3) is 0 Å². The summed E-state index contributed by atoms with van der Waals surface area (Å²) in [6, 6.07) is 5.32. The first-order valence-electron chi connectivity index (χ1n) is 5.18. The molecule has 0 spiro atoms. The van der Waals surface area contributed by atoms with Crippen molar-refractivity contribution in [2.75, 3.05) is 6.54 Å². The third-order valence-electron chi connectivity index (χ3n) is 2.06. The van der Waals surface area contributed by atoms with Crippen LogP contribution >= 0.6 is 0 Å². The van der Waals surface area contributed by atoms with Gasteiger partial charge in [0.25, 0.3) is 5.91 Å². The van der Waals surface area contributed by atoms with E-state index >= 15 is 0 Å². The Kier molecular flexibility index (Phi) is 3.83. The fraction of sp³-hybridized carbons (Fsp3) is 0.500. The lowest BCUT2D eigenvalue weighted by Gasteiger charge is -2.17. The van der Waals surface area contributed by atoms with Crippen molar-refractivity contribution in [3.8, 4) is 0 Å². The SMILES string of the molecule is CC(C)(C)CCNC(=O)c1ccccn1. The molecule has 1 aromatic heterocycles. The van der Waals surface area contributed by atoms with Crippen LogP contribution < -0.4 is 5.32 Å². The summed E-state index contributed by atoms with van der Waals surface area (Å²) in [5.41, 5.74) is 0.726. The number of carbonyl (C=O) groups is 1. The monoisotopic (exact) mass is 206 g/mol. The largest absolute Gasteiger partial charge is 0.351 e. The Morgan fingerprint density at radius 2 is 2.13 bits per heavy atom. The number of pyridine rings is 1. The van der Waals surface area contributed by atoms with E-state index in [2.05, 4.69) is 31.1 Å². The zero-order valence-corrected chi connectivity index (χ0v) is 9.58. The van der Waals surface area contributed by atoms with Gasteiger partial charge in [-0.3, -0.25) is 9.78 Å². The highest BCUT2D eigenvalue weighted by Gasteiger charge is 2.11. The smallest absolute Gasteiger partial charge is 0.269 e. The first kappa shape index (κ1) is 11.7. The number of hydrogen-bond donors (Lipinski definition) is 1. The molecule has 1 rings (SSSR count). The zero-order chi connectivity index (χ0) is 11.3. The van der Waals surface area contributed by atoms with Crippen molar-refractivity contribution in [3.63, 3.8) is 0 Å². The minimum atomic E-state index is -0.0974. The molecule has 1 heterocycles. The molecule has 0 aliphatic heterocycles. The molecule has 0 radical (unpaired) electrons. The van der Waals surface area contributed by atoms with Gasteiger partial charge >= 0.3 is 0 Å². The van der Waals surface area contributed by atoms with Gasteiger partial charge in [-0.25, -0.2) is 0 Å². The highest BCUT2D eigenvalue weighted by atomic mass is 16.1. The summed E-state index contributed by atoms with van der Waals surface area (Å²) < 4.78 is 0. The second-order valence-corrected chi connectivity index (χ2v) is 4.78. The number of carbonyl (C=O) groups excluding carboxylic acids is 1. The molecule has 3 nitrogen and oxygen atoms in total. The molecule has 1 N–H and O–H groups in total. The van der Waals surface area contributed by atoms with E-state index in [1.54, 1.807) is 18.3 Å². The maximum atomic E-state index is 11.6. The minimum Gasteiger partial charge on any atom is -0.351 e. The van der Waals surface area contributed by atoms with E-state index < -0.39 is 0 Å². The van der Waals surface area contributed by atoms with Gasteiger partial charge in [0.05, 0.1) is 0 Å². The molecule has 0 saturated heterocycles. The van der Waals surface area contributed by atoms with Crippen LogP contribution in [0.4, 0.5) is 0 Å². The molecule has 1 amide bonds. The van der Waals surface area contributed by atoms with Gasteiger partial charge in [0.1, 0.15) is 5.69 Å². The van der Waals surface area contributed by atoms with E-state index in [9.17, 15) is 4.79 Å². The van der Waals surface area contributed by atoms with Crippen molar-refractivity contribution in [1.82, 2.24) is 10.3 Å². The lowest BCUT2D eigenvalue weighted by atomic mass is 9.92. The third-order valence-corrected chi connectivity index (χ3v) is 2.06. The summed E-state index contributed by atoms with van der Waals surface area (Å²) >= 11 is 0. The van der Waals surface area contributed by atoms with Crippen molar-refractivity contribution in [2.24, 2.45) is 5.41 Å². The van der Waals surface area contributed by atoms with E-state index in [4.69, 9.17) is 0 Å². The van der Waals surface area contributed by atoms with Gasteiger partial charge < -0.3 is 5.32 Å². The Labute approximate surface area is 90.9 Å². The molecule has 82 valence electrons. The van der Waals surface area contributed by atoms with Crippen LogP contribution in [0.2, 0.25) is 0 Å². The van der Waals surface area contributed by atoms with E-state index in [-0.39, 0.29) is 11.3 Å². The first-order valence-corrected chi connectivity index (χ1v) is 5.18. The topological polar surface area (TPSA) is 42.0 Å². The molecule has 0 unspecified atom stereocenters. The summed E-state index contributed by atoms with van der Waals surface area (Å²) in [6.45, 7) is 7.15. The van der Waals surface area contributed by atoms with Crippen molar-refractivity contribution in [3.05, 3.63) is 30.1 Å². The molecule has 15 heavy (non-hydrogen) atoms. The molecule has 0 aliphatic carbocycles. The van der Waals surface area contributed by atoms with Crippen molar-refractivity contribution < 1.29 is 4.79 Å². The standard InChI is InChI=1S/C12H18N2O/c1-12(2,3)7-9-14-11(15)10-6-4-5-8-13-10/h4-6,8H,7,9H2,1-3H3,(H,14,15). The van der Waals surface area contributed by atoms with E-state index in [0.29, 0.717) is 12.2 Å². The summed E-state index contributed by atoms with van der Waals surface area (Å²) in [5.74, 6) is -0.0974. The maximum absolute atomic E-state index is 11.6. The van der Waals surface area contributed by atoms with Gasteiger partial charge in [-0.15, -0.1) is 0 Å². The first-order chi connectivity index (χ1) is 6.99. The van der Waals surface area contributed by atoms with Crippen LogP contribution in [0.15, 0.2) is 24.4 Å². The number of aromatic nitrogens is 1. The zero-order valence-electron chi connectivity index (χ0n) is 9.58. The Morgan fingerprint density at radius 1 is 1.40 bits per heavy atom. The van der Waals surface area contributed by atoms with Gasteiger partial charge in [-0.05, 0) is 24.0 Å². The van der Waals surface area contributed by atoms with Crippen molar-refractivity contribution >= 4 is 5.91 Å². The van der Waals surface area contributed by atoms with Crippen LogP contribution in [0, 0.1) is 5.41 Å². The number of nitrogens with one attached hydrogen (secondary N) is 1. The van der Waals surface area contributed by atoms with Crippen LogP contribution in [0.1, 0.15) is 37.7 Å². The fourth-order valence-electron chi connectivity index (χ4n) is 1.14. The number of amides is 1. The average molecular weight is 206 g/mol. The quantitative estimate of drug-likeness (QED) is 0.824. The summed E-state index contributed by atoms with van der Waals surface area (Å²) in [5, 5.41) is 2.85. The average Bonchev–Trinajstić information content (AvgIpc) is 2.17. The van der Waals surface area contributed by atoms with Crippen molar-refractivity contribution in [1.29, 1.82) is 0 Å². The van der Waals surface area contributed by atoms with Gasteiger partial charge in [-0.2, -0.15) is 0 Å². The molecule has 0 atom stereocenters.